The first-order chi connectivity index (χ1) is 10.2. The zero-order valence-corrected chi connectivity index (χ0v) is 17.2. The van der Waals surface area contributed by atoms with E-state index in [-0.39, 0.29) is 0 Å². The van der Waals surface area contributed by atoms with Crippen LogP contribution in [0.4, 0.5) is 0 Å². The van der Waals surface area contributed by atoms with Crippen LogP contribution in [0, 0.1) is 0 Å². The number of hydrogen-bond acceptors (Lipinski definition) is 4. The molecule has 0 atom stereocenters. The molecule has 0 saturated heterocycles. The SMILES string of the molecule is CCC[O][Sn]([CH2]SCC)([O]CCC)[c]1ccccc1CN. The predicted molar refractivity (Wildman–Crippen MR) is 95.2 cm³/mol. The molecule has 0 bridgehead atoms. The molecule has 0 spiro atoms. The van der Waals surface area contributed by atoms with Gasteiger partial charge in [0.25, 0.3) is 0 Å². The molecule has 1 rings (SSSR count). The number of rotatable bonds is 11. The van der Waals surface area contributed by atoms with E-state index in [0.29, 0.717) is 6.54 Å². The van der Waals surface area contributed by atoms with Gasteiger partial charge in [-0.05, 0) is 0 Å². The molecule has 0 amide bonds. The summed E-state index contributed by atoms with van der Waals surface area (Å²) in [6.45, 7) is 8.61. The Morgan fingerprint density at radius 3 is 2.19 bits per heavy atom. The molecular weight excluding hydrogens is 389 g/mol. The molecule has 0 saturated carbocycles. The number of benzene rings is 1. The van der Waals surface area contributed by atoms with Gasteiger partial charge >= 0.3 is 139 Å². The zero-order valence-electron chi connectivity index (χ0n) is 13.6. The number of thioether (sulfide) groups is 1. The van der Waals surface area contributed by atoms with Crippen LogP contribution in [-0.2, 0) is 12.7 Å². The topological polar surface area (TPSA) is 44.5 Å². The average molecular weight is 418 g/mol. The summed E-state index contributed by atoms with van der Waals surface area (Å²) in [5.74, 6) is 1.09. The molecule has 0 aliphatic rings. The Kier molecular flexibility index (Phi) is 10.0. The second-order valence-corrected chi connectivity index (χ2v) is 16.2. The Balaban J connectivity index is 3.16. The van der Waals surface area contributed by atoms with Gasteiger partial charge in [-0.3, -0.25) is 0 Å². The van der Waals surface area contributed by atoms with Gasteiger partial charge in [0.15, 0.2) is 0 Å². The van der Waals surface area contributed by atoms with Crippen molar-refractivity contribution in [3.8, 4) is 0 Å². The van der Waals surface area contributed by atoms with Gasteiger partial charge in [0.1, 0.15) is 0 Å². The van der Waals surface area contributed by atoms with E-state index in [1.807, 2.05) is 11.8 Å². The second-order valence-electron chi connectivity index (χ2n) is 4.95. The van der Waals surface area contributed by atoms with Crippen LogP contribution >= 0.6 is 11.8 Å². The first-order valence-electron chi connectivity index (χ1n) is 7.88. The molecule has 0 aliphatic carbocycles. The zero-order chi connectivity index (χ0) is 15.6. The second kappa shape index (κ2) is 10.9. The molecule has 0 heterocycles. The molecule has 1 aromatic carbocycles. The fourth-order valence-corrected chi connectivity index (χ4v) is 16.9. The van der Waals surface area contributed by atoms with Crippen LogP contribution in [-0.4, -0.2) is 41.9 Å². The molecule has 120 valence electrons. The van der Waals surface area contributed by atoms with Crippen molar-refractivity contribution in [2.45, 2.75) is 40.2 Å². The molecular formula is C16H29NO2SSn. The van der Waals surface area contributed by atoms with Crippen LogP contribution in [0.1, 0.15) is 39.2 Å². The third kappa shape index (κ3) is 5.75. The van der Waals surface area contributed by atoms with E-state index in [2.05, 4.69) is 45.0 Å². The van der Waals surface area contributed by atoms with Gasteiger partial charge in [-0.1, -0.05) is 0 Å². The van der Waals surface area contributed by atoms with Crippen molar-refractivity contribution in [3.05, 3.63) is 29.8 Å². The minimum atomic E-state index is -3.31. The van der Waals surface area contributed by atoms with Crippen molar-refractivity contribution < 1.29 is 6.15 Å². The minimum absolute atomic E-state index is 0.552. The molecule has 1 aromatic rings. The van der Waals surface area contributed by atoms with Crippen LogP contribution in [0.25, 0.3) is 0 Å². The third-order valence-corrected chi connectivity index (χ3v) is 16.8. The summed E-state index contributed by atoms with van der Waals surface area (Å²) in [6.07, 6.45) is 2.05. The molecule has 2 N–H and O–H groups in total. The molecule has 0 radical (unpaired) electrons. The Morgan fingerprint density at radius 1 is 1.05 bits per heavy atom. The average Bonchev–Trinajstić information content (AvgIpc) is 2.54. The fraction of sp³-hybridized carbons (Fsp3) is 0.625. The first kappa shape index (κ1) is 19.3. The quantitative estimate of drug-likeness (QED) is 0.562. The maximum atomic E-state index is 6.42. The Morgan fingerprint density at radius 2 is 1.67 bits per heavy atom. The fourth-order valence-electron chi connectivity index (χ4n) is 2.20. The number of hydrogen-bond donors (Lipinski definition) is 1. The Labute approximate surface area is 138 Å². The normalized spacial score (nSPS) is 11.8. The van der Waals surface area contributed by atoms with Gasteiger partial charge in [0, 0.05) is 0 Å². The van der Waals surface area contributed by atoms with E-state index in [4.69, 9.17) is 11.9 Å². The van der Waals surface area contributed by atoms with E-state index in [0.717, 1.165) is 35.6 Å². The van der Waals surface area contributed by atoms with Crippen LogP contribution in [0.2, 0.25) is 0 Å². The third-order valence-electron chi connectivity index (χ3n) is 3.22. The van der Waals surface area contributed by atoms with E-state index in [9.17, 15) is 0 Å². The summed E-state index contributed by atoms with van der Waals surface area (Å²) < 4.78 is 15.1. The molecule has 5 heteroatoms. The number of nitrogens with two attached hydrogens (primary N) is 1. The van der Waals surface area contributed by atoms with Gasteiger partial charge in [0.2, 0.25) is 0 Å². The Hall–Kier alpha value is 0.249. The summed E-state index contributed by atoms with van der Waals surface area (Å²) in [6, 6.07) is 8.43. The summed E-state index contributed by atoms with van der Waals surface area (Å²) in [5.41, 5.74) is 7.14. The Bertz CT molecular complexity index is 382. The maximum absolute atomic E-state index is 6.42. The van der Waals surface area contributed by atoms with Gasteiger partial charge in [-0.25, -0.2) is 0 Å². The van der Waals surface area contributed by atoms with Crippen molar-refractivity contribution in [3.63, 3.8) is 0 Å². The van der Waals surface area contributed by atoms with Gasteiger partial charge in [0.05, 0.1) is 0 Å². The van der Waals surface area contributed by atoms with E-state index in [1.165, 1.54) is 9.14 Å². The summed E-state index contributed by atoms with van der Waals surface area (Å²) in [5, 5.41) is 0. The van der Waals surface area contributed by atoms with E-state index < -0.39 is 19.2 Å². The molecule has 3 nitrogen and oxygen atoms in total. The molecule has 0 aliphatic heterocycles. The first-order valence-corrected chi connectivity index (χ1v) is 14.8. The molecule has 21 heavy (non-hydrogen) atoms. The van der Waals surface area contributed by atoms with Crippen LogP contribution < -0.4 is 9.31 Å². The van der Waals surface area contributed by atoms with Crippen molar-refractivity contribution >= 4 is 34.5 Å². The summed E-state index contributed by atoms with van der Waals surface area (Å²) >= 11 is -1.38. The van der Waals surface area contributed by atoms with Crippen molar-refractivity contribution in [1.82, 2.24) is 0 Å². The molecule has 0 fully saturated rings. The molecule has 0 unspecified atom stereocenters. The van der Waals surface area contributed by atoms with E-state index >= 15 is 0 Å². The standard InChI is InChI=1S/C7H8N.2C3H7O.C3H7S.Sn/c8-6-7-4-2-1-3-5-7;2*1-2-3-4;1-3-4-2;/h1-4H,6,8H2;3*2-3H2,1H3;/q;2*-1;;+2. The molecule has 0 aromatic heterocycles. The summed E-state index contributed by atoms with van der Waals surface area (Å²) in [7, 11) is 0. The predicted octanol–water partition coefficient (Wildman–Crippen LogP) is 2.94. The van der Waals surface area contributed by atoms with Crippen LogP contribution in [0.5, 0.6) is 0 Å². The van der Waals surface area contributed by atoms with Crippen LogP contribution in [0.3, 0.4) is 0 Å². The van der Waals surface area contributed by atoms with Crippen molar-refractivity contribution in [2.24, 2.45) is 5.73 Å². The van der Waals surface area contributed by atoms with Crippen LogP contribution in [0.15, 0.2) is 24.3 Å². The van der Waals surface area contributed by atoms with Gasteiger partial charge < -0.3 is 0 Å². The summed E-state index contributed by atoms with van der Waals surface area (Å²) in [4.78, 5) is 0. The monoisotopic (exact) mass is 419 g/mol. The van der Waals surface area contributed by atoms with E-state index in [1.54, 1.807) is 0 Å². The van der Waals surface area contributed by atoms with Gasteiger partial charge in [-0.15, -0.1) is 0 Å². The van der Waals surface area contributed by atoms with Gasteiger partial charge in [-0.2, -0.15) is 0 Å². The van der Waals surface area contributed by atoms with Crippen molar-refractivity contribution in [2.75, 3.05) is 22.7 Å². The van der Waals surface area contributed by atoms with Crippen molar-refractivity contribution in [1.29, 1.82) is 0 Å².